The van der Waals surface area contributed by atoms with Crippen LogP contribution >= 0.6 is 23.8 Å². The van der Waals surface area contributed by atoms with Crippen LogP contribution < -0.4 is 11.1 Å². The number of thiocarbonyl (C=S) groups is 1. The first kappa shape index (κ1) is 14.3. The lowest BCUT2D eigenvalue weighted by atomic mass is 9.85. The number of carbonyl (C=O) groups excluding carboxylic acids is 1. The molecule has 1 aromatic carbocycles. The standard InChI is InChI=1S/C14H17ClN2OS/c15-11-6-2-1-5-10(11)9-17-13(18)14(12(16)19)7-3-4-8-14/h1-2,5-6H,3-4,7-9H2,(H2,16,19)(H,17,18). The van der Waals surface area contributed by atoms with Gasteiger partial charge in [-0.1, -0.05) is 54.9 Å². The van der Waals surface area contributed by atoms with Crippen LogP contribution in [0.3, 0.4) is 0 Å². The molecule has 3 nitrogen and oxygen atoms in total. The van der Waals surface area contributed by atoms with E-state index in [2.05, 4.69) is 5.32 Å². The average Bonchev–Trinajstić information content (AvgIpc) is 2.88. The summed E-state index contributed by atoms with van der Waals surface area (Å²) < 4.78 is 0. The molecule has 1 aromatic rings. The van der Waals surface area contributed by atoms with Gasteiger partial charge in [0.15, 0.2) is 0 Å². The minimum atomic E-state index is -0.656. The van der Waals surface area contributed by atoms with Gasteiger partial charge in [0.25, 0.3) is 0 Å². The fourth-order valence-corrected chi connectivity index (χ4v) is 3.05. The molecule has 0 heterocycles. The maximum absolute atomic E-state index is 12.4. The quantitative estimate of drug-likeness (QED) is 0.840. The molecule has 3 N–H and O–H groups in total. The monoisotopic (exact) mass is 296 g/mol. The minimum absolute atomic E-state index is 0.0718. The van der Waals surface area contributed by atoms with Crippen LogP contribution in [0.1, 0.15) is 31.2 Å². The maximum Gasteiger partial charge on any atom is 0.233 e. The normalized spacial score (nSPS) is 17.1. The van der Waals surface area contributed by atoms with Gasteiger partial charge < -0.3 is 11.1 Å². The largest absolute Gasteiger partial charge is 0.392 e. The Kier molecular flexibility index (Phi) is 4.42. The van der Waals surface area contributed by atoms with E-state index < -0.39 is 5.41 Å². The molecule has 0 spiro atoms. The zero-order valence-corrected chi connectivity index (χ0v) is 12.2. The van der Waals surface area contributed by atoms with Gasteiger partial charge >= 0.3 is 0 Å². The Balaban J connectivity index is 2.05. The van der Waals surface area contributed by atoms with Gasteiger partial charge in [0, 0.05) is 11.6 Å². The molecule has 102 valence electrons. The molecule has 1 aliphatic rings. The molecule has 1 fully saturated rings. The zero-order valence-electron chi connectivity index (χ0n) is 10.6. The third-order valence-corrected chi connectivity index (χ3v) is 4.52. The first-order valence-electron chi connectivity index (χ1n) is 6.38. The second kappa shape index (κ2) is 5.88. The Labute approximate surface area is 123 Å². The number of hydrogen-bond donors (Lipinski definition) is 2. The van der Waals surface area contributed by atoms with Crippen molar-refractivity contribution in [1.82, 2.24) is 5.32 Å². The molecule has 1 saturated carbocycles. The van der Waals surface area contributed by atoms with Gasteiger partial charge in [0.1, 0.15) is 0 Å². The summed E-state index contributed by atoms with van der Waals surface area (Å²) in [5.41, 5.74) is 6.02. The summed E-state index contributed by atoms with van der Waals surface area (Å²) in [6, 6.07) is 7.46. The Morgan fingerprint density at radius 1 is 1.37 bits per heavy atom. The van der Waals surface area contributed by atoms with E-state index >= 15 is 0 Å². The number of hydrogen-bond acceptors (Lipinski definition) is 2. The van der Waals surface area contributed by atoms with Gasteiger partial charge in [-0.15, -0.1) is 0 Å². The van der Waals surface area contributed by atoms with Crippen LogP contribution in [-0.4, -0.2) is 10.9 Å². The van der Waals surface area contributed by atoms with E-state index in [1.54, 1.807) is 0 Å². The molecule has 5 heteroatoms. The number of amides is 1. The van der Waals surface area contributed by atoms with E-state index in [-0.39, 0.29) is 5.91 Å². The Hall–Kier alpha value is -1.13. The summed E-state index contributed by atoms with van der Waals surface area (Å²) in [6.45, 7) is 0.406. The van der Waals surface area contributed by atoms with Crippen molar-refractivity contribution in [2.75, 3.05) is 0 Å². The summed E-state index contributed by atoms with van der Waals surface area (Å²) in [7, 11) is 0. The molecule has 19 heavy (non-hydrogen) atoms. The lowest BCUT2D eigenvalue weighted by molar-refractivity contribution is -0.127. The molecule has 0 unspecified atom stereocenters. The summed E-state index contributed by atoms with van der Waals surface area (Å²) in [6.07, 6.45) is 3.49. The molecule has 0 bridgehead atoms. The van der Waals surface area contributed by atoms with Crippen molar-refractivity contribution in [3.8, 4) is 0 Å². The van der Waals surface area contributed by atoms with E-state index in [9.17, 15) is 4.79 Å². The number of rotatable bonds is 4. The molecular weight excluding hydrogens is 280 g/mol. The molecule has 0 atom stereocenters. The highest BCUT2D eigenvalue weighted by atomic mass is 35.5. The first-order chi connectivity index (χ1) is 9.06. The highest BCUT2D eigenvalue weighted by Gasteiger charge is 2.43. The molecule has 0 aromatic heterocycles. The van der Waals surface area contributed by atoms with Gasteiger partial charge in [0.05, 0.1) is 10.4 Å². The lowest BCUT2D eigenvalue weighted by Gasteiger charge is -2.26. The SMILES string of the molecule is NC(=S)C1(C(=O)NCc2ccccc2Cl)CCCC1. The predicted octanol–water partition coefficient (Wildman–Crippen LogP) is 2.80. The van der Waals surface area contributed by atoms with Crippen molar-refractivity contribution < 1.29 is 4.79 Å². The Bertz CT molecular complexity index is 498. The minimum Gasteiger partial charge on any atom is -0.392 e. The van der Waals surface area contributed by atoms with Crippen LogP contribution in [-0.2, 0) is 11.3 Å². The zero-order chi connectivity index (χ0) is 13.9. The predicted molar refractivity (Wildman–Crippen MR) is 81.0 cm³/mol. The molecule has 1 amide bonds. The van der Waals surface area contributed by atoms with E-state index in [0.29, 0.717) is 16.6 Å². The highest BCUT2D eigenvalue weighted by molar-refractivity contribution is 7.80. The van der Waals surface area contributed by atoms with Crippen molar-refractivity contribution in [1.29, 1.82) is 0 Å². The molecular formula is C14H17ClN2OS. The third-order valence-electron chi connectivity index (χ3n) is 3.76. The molecule has 0 radical (unpaired) electrons. The molecule has 0 aliphatic heterocycles. The van der Waals surface area contributed by atoms with Crippen LogP contribution in [0.4, 0.5) is 0 Å². The number of halogens is 1. The van der Waals surface area contributed by atoms with Gasteiger partial charge in [-0.2, -0.15) is 0 Å². The van der Waals surface area contributed by atoms with Crippen molar-refractivity contribution in [2.45, 2.75) is 32.2 Å². The second-order valence-corrected chi connectivity index (χ2v) is 5.77. The topological polar surface area (TPSA) is 55.1 Å². The Morgan fingerprint density at radius 3 is 2.58 bits per heavy atom. The van der Waals surface area contributed by atoms with Crippen molar-refractivity contribution in [3.63, 3.8) is 0 Å². The molecule has 0 saturated heterocycles. The van der Waals surface area contributed by atoms with Crippen LogP contribution in [0.5, 0.6) is 0 Å². The van der Waals surface area contributed by atoms with Crippen molar-refractivity contribution in [2.24, 2.45) is 11.1 Å². The molecule has 2 rings (SSSR count). The summed E-state index contributed by atoms with van der Waals surface area (Å²) in [5.74, 6) is -0.0718. The average molecular weight is 297 g/mol. The third kappa shape index (κ3) is 2.90. The number of benzene rings is 1. The van der Waals surface area contributed by atoms with Crippen molar-refractivity contribution in [3.05, 3.63) is 34.9 Å². The fourth-order valence-electron chi connectivity index (χ4n) is 2.55. The highest BCUT2D eigenvalue weighted by Crippen LogP contribution is 2.38. The van der Waals surface area contributed by atoms with E-state index in [0.717, 1.165) is 31.2 Å². The van der Waals surface area contributed by atoms with Crippen molar-refractivity contribution >= 4 is 34.7 Å². The number of carbonyl (C=O) groups is 1. The van der Waals surface area contributed by atoms with Gasteiger partial charge in [0.2, 0.25) is 5.91 Å². The fraction of sp³-hybridized carbons (Fsp3) is 0.429. The maximum atomic E-state index is 12.4. The van der Waals surface area contributed by atoms with Gasteiger partial charge in [-0.05, 0) is 24.5 Å². The van der Waals surface area contributed by atoms with Crippen LogP contribution in [0.2, 0.25) is 5.02 Å². The number of nitrogens with two attached hydrogens (primary N) is 1. The van der Waals surface area contributed by atoms with Crippen LogP contribution in [0.15, 0.2) is 24.3 Å². The van der Waals surface area contributed by atoms with E-state index in [1.165, 1.54) is 0 Å². The van der Waals surface area contributed by atoms with Crippen LogP contribution in [0.25, 0.3) is 0 Å². The summed E-state index contributed by atoms with van der Waals surface area (Å²) in [5, 5.41) is 3.56. The van der Waals surface area contributed by atoms with Gasteiger partial charge in [-0.25, -0.2) is 0 Å². The smallest absolute Gasteiger partial charge is 0.233 e. The summed E-state index contributed by atoms with van der Waals surface area (Å²) >= 11 is 11.2. The Morgan fingerprint density at radius 2 is 2.00 bits per heavy atom. The van der Waals surface area contributed by atoms with Crippen LogP contribution in [0, 0.1) is 5.41 Å². The van der Waals surface area contributed by atoms with E-state index in [1.807, 2.05) is 24.3 Å². The number of nitrogens with one attached hydrogen (secondary N) is 1. The molecule has 1 aliphatic carbocycles. The first-order valence-corrected chi connectivity index (χ1v) is 7.16. The van der Waals surface area contributed by atoms with Gasteiger partial charge in [-0.3, -0.25) is 4.79 Å². The lowest BCUT2D eigenvalue weighted by Crippen LogP contribution is -2.47. The van der Waals surface area contributed by atoms with E-state index in [4.69, 9.17) is 29.6 Å². The summed E-state index contributed by atoms with van der Waals surface area (Å²) in [4.78, 5) is 12.7. The second-order valence-electron chi connectivity index (χ2n) is 4.93.